The van der Waals surface area contributed by atoms with Gasteiger partial charge in [0.2, 0.25) is 5.91 Å². The highest BCUT2D eigenvalue weighted by Crippen LogP contribution is 2.25. The number of likely N-dealkylation sites (tertiary alicyclic amines) is 1. The fraction of sp³-hybridized carbons (Fsp3) is 0.500. The number of carbonyl (C=O) groups excluding carboxylic acids is 2. The molecule has 3 N–H and O–H groups in total. The van der Waals surface area contributed by atoms with Crippen molar-refractivity contribution >= 4 is 17.5 Å². The lowest BCUT2D eigenvalue weighted by atomic mass is 9.96. The molecular weight excluding hydrogens is 266 g/mol. The van der Waals surface area contributed by atoms with Crippen molar-refractivity contribution in [1.82, 2.24) is 4.90 Å². The SMILES string of the molecule is NCC1CCCN(C(=O)c2ccc3c(c2)CCC(=O)N3)C1. The van der Waals surface area contributed by atoms with Crippen LogP contribution in [-0.2, 0) is 11.2 Å². The highest BCUT2D eigenvalue weighted by Gasteiger charge is 2.24. The van der Waals surface area contributed by atoms with Crippen molar-refractivity contribution in [2.24, 2.45) is 11.7 Å². The third-order valence-electron chi connectivity index (χ3n) is 4.39. The van der Waals surface area contributed by atoms with Gasteiger partial charge < -0.3 is 16.0 Å². The molecule has 1 fully saturated rings. The number of nitrogens with one attached hydrogen (secondary N) is 1. The molecule has 0 bridgehead atoms. The first kappa shape index (κ1) is 14.1. The van der Waals surface area contributed by atoms with Crippen molar-refractivity contribution in [3.05, 3.63) is 29.3 Å². The number of hydrogen-bond donors (Lipinski definition) is 2. The summed E-state index contributed by atoms with van der Waals surface area (Å²) in [6.45, 7) is 2.20. The van der Waals surface area contributed by atoms with Gasteiger partial charge in [-0.25, -0.2) is 0 Å². The van der Waals surface area contributed by atoms with Crippen LogP contribution < -0.4 is 11.1 Å². The van der Waals surface area contributed by atoms with Crippen molar-refractivity contribution in [2.75, 3.05) is 25.0 Å². The van der Waals surface area contributed by atoms with Crippen LogP contribution in [0.3, 0.4) is 0 Å². The number of nitrogens with zero attached hydrogens (tertiary/aromatic N) is 1. The largest absolute Gasteiger partial charge is 0.338 e. The lowest BCUT2D eigenvalue weighted by Crippen LogP contribution is -2.42. The molecule has 2 aliphatic heterocycles. The van der Waals surface area contributed by atoms with E-state index in [-0.39, 0.29) is 11.8 Å². The molecule has 2 heterocycles. The molecule has 0 aliphatic carbocycles. The van der Waals surface area contributed by atoms with Crippen molar-refractivity contribution in [3.8, 4) is 0 Å². The first-order chi connectivity index (χ1) is 10.2. The molecule has 2 amide bonds. The van der Waals surface area contributed by atoms with E-state index in [0.717, 1.165) is 37.2 Å². The zero-order valence-corrected chi connectivity index (χ0v) is 12.1. The highest BCUT2D eigenvalue weighted by atomic mass is 16.2. The Morgan fingerprint density at radius 1 is 1.38 bits per heavy atom. The van der Waals surface area contributed by atoms with E-state index in [4.69, 9.17) is 5.73 Å². The molecule has 1 unspecified atom stereocenters. The minimum Gasteiger partial charge on any atom is -0.338 e. The van der Waals surface area contributed by atoms with Crippen molar-refractivity contribution < 1.29 is 9.59 Å². The second kappa shape index (κ2) is 5.85. The van der Waals surface area contributed by atoms with Gasteiger partial charge >= 0.3 is 0 Å². The number of fused-ring (bicyclic) bond motifs is 1. The van der Waals surface area contributed by atoms with Gasteiger partial charge in [-0.1, -0.05) is 0 Å². The van der Waals surface area contributed by atoms with Crippen LogP contribution in [0.1, 0.15) is 35.2 Å². The first-order valence-electron chi connectivity index (χ1n) is 7.59. The Hall–Kier alpha value is -1.88. The van der Waals surface area contributed by atoms with Gasteiger partial charge in [0.1, 0.15) is 0 Å². The Balaban J connectivity index is 1.77. The Kier molecular flexibility index (Phi) is 3.92. The molecule has 3 rings (SSSR count). The quantitative estimate of drug-likeness (QED) is 0.863. The van der Waals surface area contributed by atoms with Crippen LogP contribution in [0, 0.1) is 5.92 Å². The van der Waals surface area contributed by atoms with Gasteiger partial charge in [-0.05, 0) is 55.5 Å². The summed E-state index contributed by atoms with van der Waals surface area (Å²) in [6, 6.07) is 5.56. The number of benzene rings is 1. The monoisotopic (exact) mass is 287 g/mol. The summed E-state index contributed by atoms with van der Waals surface area (Å²) in [7, 11) is 0. The van der Waals surface area contributed by atoms with Gasteiger partial charge in [-0.15, -0.1) is 0 Å². The van der Waals surface area contributed by atoms with Crippen molar-refractivity contribution in [3.63, 3.8) is 0 Å². The third kappa shape index (κ3) is 2.93. The minimum absolute atomic E-state index is 0.0448. The summed E-state index contributed by atoms with van der Waals surface area (Å²) in [5.41, 5.74) is 8.32. The van der Waals surface area contributed by atoms with E-state index in [1.54, 1.807) is 6.07 Å². The summed E-state index contributed by atoms with van der Waals surface area (Å²) in [5, 5.41) is 2.84. The van der Waals surface area contributed by atoms with Crippen LogP contribution in [-0.4, -0.2) is 36.3 Å². The minimum atomic E-state index is 0.0448. The van der Waals surface area contributed by atoms with E-state index in [9.17, 15) is 9.59 Å². The standard InChI is InChI=1S/C16H21N3O2/c17-9-11-2-1-7-19(10-11)16(21)13-3-5-14-12(8-13)4-6-15(20)18-14/h3,5,8,11H,1-2,4,6-7,9-10,17H2,(H,18,20). The Morgan fingerprint density at radius 3 is 3.05 bits per heavy atom. The fourth-order valence-corrected chi connectivity index (χ4v) is 3.14. The van der Waals surface area contributed by atoms with E-state index >= 15 is 0 Å². The molecule has 0 radical (unpaired) electrons. The summed E-state index contributed by atoms with van der Waals surface area (Å²) >= 11 is 0. The zero-order valence-electron chi connectivity index (χ0n) is 12.1. The molecule has 5 heteroatoms. The molecule has 1 aromatic rings. The van der Waals surface area contributed by atoms with Gasteiger partial charge in [0, 0.05) is 30.8 Å². The molecule has 0 aromatic heterocycles. The lowest BCUT2D eigenvalue weighted by Gasteiger charge is -2.32. The maximum Gasteiger partial charge on any atom is 0.253 e. The number of anilines is 1. The average Bonchev–Trinajstić information content (AvgIpc) is 2.53. The van der Waals surface area contributed by atoms with Crippen molar-refractivity contribution in [1.29, 1.82) is 0 Å². The maximum absolute atomic E-state index is 12.6. The number of hydrogen-bond acceptors (Lipinski definition) is 3. The van der Waals surface area contributed by atoms with Gasteiger partial charge in [-0.2, -0.15) is 0 Å². The van der Waals surface area contributed by atoms with Crippen molar-refractivity contribution in [2.45, 2.75) is 25.7 Å². The Morgan fingerprint density at radius 2 is 2.24 bits per heavy atom. The zero-order chi connectivity index (χ0) is 14.8. The fourth-order valence-electron chi connectivity index (χ4n) is 3.14. The number of aryl methyl sites for hydroxylation is 1. The molecule has 112 valence electrons. The summed E-state index contributed by atoms with van der Waals surface area (Å²) < 4.78 is 0. The molecular formula is C16H21N3O2. The number of carbonyl (C=O) groups is 2. The molecule has 1 aromatic carbocycles. The van der Waals surface area contributed by atoms with Gasteiger partial charge in [0.05, 0.1) is 0 Å². The summed E-state index contributed by atoms with van der Waals surface area (Å²) in [6.07, 6.45) is 3.32. The molecule has 0 saturated carbocycles. The maximum atomic E-state index is 12.6. The molecule has 2 aliphatic rings. The van der Waals surface area contributed by atoms with E-state index < -0.39 is 0 Å². The van der Waals surface area contributed by atoms with Crippen LogP contribution in [0.4, 0.5) is 5.69 Å². The van der Waals surface area contributed by atoms with Gasteiger partial charge in [0.25, 0.3) is 5.91 Å². The van der Waals surface area contributed by atoms with Crippen LogP contribution in [0.25, 0.3) is 0 Å². The molecule has 1 atom stereocenters. The second-order valence-electron chi connectivity index (χ2n) is 5.92. The predicted octanol–water partition coefficient (Wildman–Crippen LogP) is 1.38. The Labute approximate surface area is 124 Å². The van der Waals surface area contributed by atoms with Crippen LogP contribution >= 0.6 is 0 Å². The summed E-state index contributed by atoms with van der Waals surface area (Å²) in [4.78, 5) is 25.9. The van der Waals surface area contributed by atoms with E-state index in [1.165, 1.54) is 0 Å². The van der Waals surface area contributed by atoms with E-state index in [0.29, 0.717) is 30.9 Å². The molecule has 0 spiro atoms. The predicted molar refractivity (Wildman–Crippen MR) is 81.1 cm³/mol. The average molecular weight is 287 g/mol. The highest BCUT2D eigenvalue weighted by molar-refractivity contribution is 5.98. The smallest absolute Gasteiger partial charge is 0.253 e. The number of piperidine rings is 1. The van der Waals surface area contributed by atoms with E-state index in [2.05, 4.69) is 5.32 Å². The molecule has 5 nitrogen and oxygen atoms in total. The van der Waals surface area contributed by atoms with Crippen LogP contribution in [0.15, 0.2) is 18.2 Å². The lowest BCUT2D eigenvalue weighted by molar-refractivity contribution is -0.116. The van der Waals surface area contributed by atoms with Crippen LogP contribution in [0.2, 0.25) is 0 Å². The molecule has 21 heavy (non-hydrogen) atoms. The Bertz CT molecular complexity index is 571. The van der Waals surface area contributed by atoms with Crippen LogP contribution in [0.5, 0.6) is 0 Å². The first-order valence-corrected chi connectivity index (χ1v) is 7.59. The second-order valence-corrected chi connectivity index (χ2v) is 5.92. The molecule has 1 saturated heterocycles. The van der Waals surface area contributed by atoms with Gasteiger partial charge in [0.15, 0.2) is 0 Å². The normalized spacial score (nSPS) is 21.7. The topological polar surface area (TPSA) is 75.4 Å². The number of rotatable bonds is 2. The number of nitrogens with two attached hydrogens (primary N) is 1. The third-order valence-corrected chi connectivity index (χ3v) is 4.39. The van der Waals surface area contributed by atoms with Gasteiger partial charge in [-0.3, -0.25) is 9.59 Å². The van der Waals surface area contributed by atoms with E-state index in [1.807, 2.05) is 17.0 Å². The summed E-state index contributed by atoms with van der Waals surface area (Å²) in [5.74, 6) is 0.538. The number of amides is 2.